The molecule has 0 fully saturated rings. The van der Waals surface area contributed by atoms with Crippen molar-refractivity contribution in [1.29, 1.82) is 0 Å². The zero-order valence-corrected chi connectivity index (χ0v) is 16.1. The van der Waals surface area contributed by atoms with E-state index in [1.165, 1.54) is 12.4 Å². The van der Waals surface area contributed by atoms with Gasteiger partial charge in [0, 0.05) is 24.1 Å². The third kappa shape index (κ3) is 7.16. The highest BCUT2D eigenvalue weighted by Crippen LogP contribution is 2.24. The molecule has 6 nitrogen and oxygen atoms in total. The molecule has 0 saturated carbocycles. The number of amides is 1. The molecular formula is C16H14BrClF3N3O3. The zero-order valence-electron chi connectivity index (χ0n) is 13.7. The highest BCUT2D eigenvalue weighted by molar-refractivity contribution is 9.10. The number of alkyl halides is 3. The second-order valence-electron chi connectivity index (χ2n) is 5.15. The van der Waals surface area contributed by atoms with E-state index in [2.05, 4.69) is 26.2 Å². The highest BCUT2D eigenvalue weighted by atomic mass is 79.9. The minimum atomic E-state index is -5.08. The van der Waals surface area contributed by atoms with Gasteiger partial charge >= 0.3 is 12.1 Å². The lowest BCUT2D eigenvalue weighted by Crippen LogP contribution is -2.21. The fourth-order valence-corrected chi connectivity index (χ4v) is 2.56. The number of hydrogen-bond acceptors (Lipinski definition) is 4. The van der Waals surface area contributed by atoms with Crippen LogP contribution in [-0.2, 0) is 4.79 Å². The lowest BCUT2D eigenvalue weighted by Gasteiger charge is -2.10. The number of carbonyl (C=O) groups excluding carboxylic acids is 1. The molecule has 4 N–H and O–H groups in total. The molecule has 0 saturated heterocycles. The number of aliphatic carboxylic acids is 1. The van der Waals surface area contributed by atoms with Crippen LogP contribution < -0.4 is 11.1 Å². The smallest absolute Gasteiger partial charge is 0.475 e. The second kappa shape index (κ2) is 9.67. The molecule has 1 amide bonds. The number of nitrogens with one attached hydrogen (secondary N) is 1. The molecule has 0 radical (unpaired) electrons. The van der Waals surface area contributed by atoms with E-state index in [0.717, 1.165) is 5.56 Å². The third-order valence-corrected chi connectivity index (χ3v) is 3.91. The van der Waals surface area contributed by atoms with Gasteiger partial charge in [0.2, 0.25) is 0 Å². The summed E-state index contributed by atoms with van der Waals surface area (Å²) in [5.74, 6) is -3.05. The summed E-state index contributed by atoms with van der Waals surface area (Å²) < 4.78 is 32.3. The average molecular weight is 469 g/mol. The SMILES string of the molecule is C[C@@H](N)c1ccc(NC(=O)c2c(Cl)cncc2Br)cc1.O=C(O)C(F)(F)F. The predicted molar refractivity (Wildman–Crippen MR) is 97.6 cm³/mol. The summed E-state index contributed by atoms with van der Waals surface area (Å²) in [6, 6.07) is 7.33. The Morgan fingerprint density at radius 1 is 1.26 bits per heavy atom. The molecule has 1 aromatic heterocycles. The number of carboxylic acid groups (broad SMARTS) is 1. The summed E-state index contributed by atoms with van der Waals surface area (Å²) in [6.45, 7) is 1.90. The van der Waals surface area contributed by atoms with Gasteiger partial charge in [-0.3, -0.25) is 9.78 Å². The molecule has 0 aliphatic heterocycles. The Bertz CT molecular complexity index is 795. The van der Waals surface area contributed by atoms with Gasteiger partial charge < -0.3 is 16.2 Å². The lowest BCUT2D eigenvalue weighted by molar-refractivity contribution is -0.192. The van der Waals surface area contributed by atoms with E-state index in [0.29, 0.717) is 20.7 Å². The minimum Gasteiger partial charge on any atom is -0.475 e. The molecule has 0 bridgehead atoms. The summed E-state index contributed by atoms with van der Waals surface area (Å²) >= 11 is 9.25. The number of hydrogen-bond donors (Lipinski definition) is 3. The summed E-state index contributed by atoms with van der Waals surface area (Å²) in [6.07, 6.45) is -2.12. The Kier molecular flexibility index (Phi) is 8.20. The molecule has 146 valence electrons. The number of carbonyl (C=O) groups is 2. The summed E-state index contributed by atoms with van der Waals surface area (Å²) in [5, 5.41) is 10.2. The van der Waals surface area contributed by atoms with Gasteiger partial charge in [-0.05, 0) is 40.5 Å². The quantitative estimate of drug-likeness (QED) is 0.619. The average Bonchev–Trinajstić information content (AvgIpc) is 2.54. The maximum Gasteiger partial charge on any atom is 0.490 e. The van der Waals surface area contributed by atoms with Crippen LogP contribution in [0.15, 0.2) is 41.1 Å². The first-order valence-corrected chi connectivity index (χ1v) is 8.36. The molecule has 0 aliphatic carbocycles. The number of anilines is 1. The summed E-state index contributed by atoms with van der Waals surface area (Å²) in [7, 11) is 0. The molecule has 2 aromatic rings. The molecular weight excluding hydrogens is 455 g/mol. The van der Waals surface area contributed by atoms with Crippen LogP contribution in [-0.4, -0.2) is 28.1 Å². The van der Waals surface area contributed by atoms with Gasteiger partial charge in [-0.1, -0.05) is 23.7 Å². The molecule has 0 spiro atoms. The number of nitrogens with zero attached hydrogens (tertiary/aromatic N) is 1. The Morgan fingerprint density at radius 2 is 1.78 bits per heavy atom. The van der Waals surface area contributed by atoms with E-state index in [9.17, 15) is 18.0 Å². The van der Waals surface area contributed by atoms with Crippen LogP contribution in [0.1, 0.15) is 28.9 Å². The Hall–Kier alpha value is -2.17. The first-order chi connectivity index (χ1) is 12.4. The summed E-state index contributed by atoms with van der Waals surface area (Å²) in [4.78, 5) is 25.0. The van der Waals surface area contributed by atoms with Crippen molar-refractivity contribution in [2.75, 3.05) is 5.32 Å². The largest absolute Gasteiger partial charge is 0.490 e. The van der Waals surface area contributed by atoms with Gasteiger partial charge in [0.1, 0.15) is 0 Å². The standard InChI is InChI=1S/C14H13BrClN3O.C2HF3O2/c1-8(17)9-2-4-10(5-3-9)19-14(20)13-11(15)6-18-7-12(13)16;3-2(4,5)1(6)7/h2-8H,17H2,1H3,(H,19,20);(H,6,7)/t8-;/m1./s1. The number of nitrogens with two attached hydrogens (primary N) is 1. The van der Waals surface area contributed by atoms with Crippen molar-refractivity contribution in [1.82, 2.24) is 4.98 Å². The Morgan fingerprint density at radius 3 is 2.19 bits per heavy atom. The predicted octanol–water partition coefficient (Wildman–Crippen LogP) is 4.40. The fourth-order valence-electron chi connectivity index (χ4n) is 1.69. The molecule has 1 aromatic carbocycles. The maximum absolute atomic E-state index is 12.2. The molecule has 0 aliphatic rings. The number of carboxylic acids is 1. The van der Waals surface area contributed by atoms with Crippen LogP contribution in [0.3, 0.4) is 0 Å². The highest BCUT2D eigenvalue weighted by Gasteiger charge is 2.38. The molecule has 0 unspecified atom stereocenters. The number of aromatic nitrogens is 1. The number of benzene rings is 1. The van der Waals surface area contributed by atoms with Crippen molar-refractivity contribution in [3.05, 3.63) is 57.3 Å². The van der Waals surface area contributed by atoms with Crippen LogP contribution in [0.4, 0.5) is 18.9 Å². The first-order valence-electron chi connectivity index (χ1n) is 7.19. The molecule has 2 rings (SSSR count). The summed E-state index contributed by atoms with van der Waals surface area (Å²) in [5.41, 5.74) is 7.82. The van der Waals surface area contributed by atoms with Gasteiger partial charge in [0.05, 0.1) is 15.1 Å². The van der Waals surface area contributed by atoms with Crippen molar-refractivity contribution in [3.8, 4) is 0 Å². The first kappa shape index (κ1) is 22.9. The monoisotopic (exact) mass is 467 g/mol. The molecule has 27 heavy (non-hydrogen) atoms. The van der Waals surface area contributed by atoms with Gasteiger partial charge in [-0.25, -0.2) is 4.79 Å². The molecule has 1 atom stereocenters. The van der Waals surface area contributed by atoms with Crippen molar-refractivity contribution >= 4 is 45.1 Å². The Balaban J connectivity index is 0.000000445. The van der Waals surface area contributed by atoms with Crippen LogP contribution in [0, 0.1) is 0 Å². The Labute approximate surface area is 165 Å². The van der Waals surface area contributed by atoms with E-state index in [1.54, 1.807) is 12.1 Å². The van der Waals surface area contributed by atoms with E-state index < -0.39 is 12.1 Å². The van der Waals surface area contributed by atoms with Gasteiger partial charge in [0.25, 0.3) is 5.91 Å². The van der Waals surface area contributed by atoms with E-state index >= 15 is 0 Å². The van der Waals surface area contributed by atoms with E-state index in [1.807, 2.05) is 19.1 Å². The van der Waals surface area contributed by atoms with Gasteiger partial charge in [0.15, 0.2) is 0 Å². The van der Waals surface area contributed by atoms with Crippen LogP contribution >= 0.6 is 27.5 Å². The minimum absolute atomic E-state index is 0.0384. The lowest BCUT2D eigenvalue weighted by atomic mass is 10.1. The van der Waals surface area contributed by atoms with Crippen molar-refractivity contribution in [2.24, 2.45) is 5.73 Å². The van der Waals surface area contributed by atoms with Crippen molar-refractivity contribution in [2.45, 2.75) is 19.1 Å². The zero-order chi connectivity index (χ0) is 20.8. The van der Waals surface area contributed by atoms with E-state index in [4.69, 9.17) is 27.2 Å². The normalized spacial score (nSPS) is 11.8. The number of pyridine rings is 1. The van der Waals surface area contributed by atoms with Gasteiger partial charge in [-0.15, -0.1) is 0 Å². The second-order valence-corrected chi connectivity index (χ2v) is 6.41. The van der Waals surface area contributed by atoms with Gasteiger partial charge in [-0.2, -0.15) is 13.2 Å². The van der Waals surface area contributed by atoms with Crippen LogP contribution in [0.2, 0.25) is 5.02 Å². The molecule has 1 heterocycles. The van der Waals surface area contributed by atoms with Crippen molar-refractivity contribution < 1.29 is 27.9 Å². The topological polar surface area (TPSA) is 105 Å². The van der Waals surface area contributed by atoms with Crippen LogP contribution in [0.5, 0.6) is 0 Å². The third-order valence-electron chi connectivity index (χ3n) is 3.02. The molecule has 11 heteroatoms. The maximum atomic E-state index is 12.2. The van der Waals surface area contributed by atoms with Crippen LogP contribution in [0.25, 0.3) is 0 Å². The fraction of sp³-hybridized carbons (Fsp3) is 0.188. The number of halogens is 5. The number of rotatable bonds is 3. The van der Waals surface area contributed by atoms with Crippen molar-refractivity contribution in [3.63, 3.8) is 0 Å². The van der Waals surface area contributed by atoms with E-state index in [-0.39, 0.29) is 11.9 Å².